The molecule has 88 valence electrons. The van der Waals surface area contributed by atoms with Crippen LogP contribution < -0.4 is 0 Å². The van der Waals surface area contributed by atoms with Crippen LogP contribution in [0.25, 0.3) is 0 Å². The van der Waals surface area contributed by atoms with Gasteiger partial charge in [-0.25, -0.2) is 0 Å². The second kappa shape index (κ2) is 5.58. The molecule has 0 radical (unpaired) electrons. The lowest BCUT2D eigenvalue weighted by Gasteiger charge is -2.36. The summed E-state index contributed by atoms with van der Waals surface area (Å²) in [6, 6.07) is 0. The normalized spacial score (nSPS) is 27.0. The van der Waals surface area contributed by atoms with Crippen molar-refractivity contribution >= 4 is 12.6 Å². The van der Waals surface area contributed by atoms with E-state index in [1.165, 1.54) is 57.8 Å². The molecule has 1 nitrogen and oxygen atoms in total. The average Bonchev–Trinajstić information content (AvgIpc) is 2.81. The van der Waals surface area contributed by atoms with Crippen molar-refractivity contribution in [1.29, 1.82) is 0 Å². The van der Waals surface area contributed by atoms with Crippen LogP contribution in [0.15, 0.2) is 0 Å². The Bertz CT molecular complexity index is 181. The van der Waals surface area contributed by atoms with E-state index in [1.54, 1.807) is 0 Å². The highest BCUT2D eigenvalue weighted by Gasteiger charge is 2.32. The van der Waals surface area contributed by atoms with E-state index in [-0.39, 0.29) is 0 Å². The van der Waals surface area contributed by atoms with Crippen LogP contribution in [0.4, 0.5) is 0 Å². The zero-order valence-electron chi connectivity index (χ0n) is 9.71. The maximum atomic E-state index is 6.09. The number of ether oxygens (including phenoxy) is 1. The van der Waals surface area contributed by atoms with Gasteiger partial charge in [0, 0.05) is 5.41 Å². The SMILES string of the molecule is SCC1(COC2CCCC2)CCCCC1. The molecule has 2 rings (SSSR count). The third-order valence-corrected chi connectivity index (χ3v) is 4.85. The molecular formula is C13H24OS. The topological polar surface area (TPSA) is 9.23 Å². The first-order valence-corrected chi connectivity index (χ1v) is 7.20. The van der Waals surface area contributed by atoms with Crippen molar-refractivity contribution in [2.24, 2.45) is 5.41 Å². The van der Waals surface area contributed by atoms with Crippen LogP contribution in [-0.4, -0.2) is 18.5 Å². The summed E-state index contributed by atoms with van der Waals surface area (Å²) >= 11 is 4.55. The second-order valence-electron chi connectivity index (χ2n) is 5.44. The average molecular weight is 228 g/mol. The molecule has 0 N–H and O–H groups in total. The van der Waals surface area contributed by atoms with Gasteiger partial charge in [0.1, 0.15) is 0 Å². The summed E-state index contributed by atoms with van der Waals surface area (Å²) in [6.45, 7) is 0.973. The molecule has 0 heterocycles. The first kappa shape index (κ1) is 11.8. The maximum absolute atomic E-state index is 6.09. The molecule has 0 amide bonds. The van der Waals surface area contributed by atoms with E-state index < -0.39 is 0 Å². The lowest BCUT2D eigenvalue weighted by atomic mass is 9.76. The lowest BCUT2D eigenvalue weighted by Crippen LogP contribution is -2.33. The zero-order chi connectivity index (χ0) is 10.6. The van der Waals surface area contributed by atoms with Crippen LogP contribution in [0.5, 0.6) is 0 Å². The Kier molecular flexibility index (Phi) is 4.39. The Labute approximate surface area is 99.4 Å². The first-order chi connectivity index (χ1) is 7.35. The Morgan fingerprint density at radius 1 is 1.00 bits per heavy atom. The van der Waals surface area contributed by atoms with E-state index in [2.05, 4.69) is 12.6 Å². The summed E-state index contributed by atoms with van der Waals surface area (Å²) in [4.78, 5) is 0. The standard InChI is InChI=1S/C13H24OS/c15-11-13(8-4-1-5-9-13)10-14-12-6-2-3-7-12/h12,15H,1-11H2. The van der Waals surface area contributed by atoms with E-state index in [4.69, 9.17) is 4.74 Å². The fraction of sp³-hybridized carbons (Fsp3) is 1.00. The van der Waals surface area contributed by atoms with Crippen LogP contribution in [0, 0.1) is 5.41 Å². The molecule has 0 aromatic rings. The third-order valence-electron chi connectivity index (χ3n) is 4.18. The molecule has 2 saturated carbocycles. The highest BCUT2D eigenvalue weighted by molar-refractivity contribution is 7.80. The molecule has 0 unspecified atom stereocenters. The van der Waals surface area contributed by atoms with E-state index in [0.29, 0.717) is 11.5 Å². The van der Waals surface area contributed by atoms with Gasteiger partial charge in [-0.05, 0) is 31.4 Å². The van der Waals surface area contributed by atoms with E-state index in [0.717, 1.165) is 12.4 Å². The first-order valence-electron chi connectivity index (χ1n) is 6.57. The molecule has 2 fully saturated rings. The minimum atomic E-state index is 0.421. The van der Waals surface area contributed by atoms with Crippen molar-refractivity contribution in [1.82, 2.24) is 0 Å². The Morgan fingerprint density at radius 3 is 2.27 bits per heavy atom. The maximum Gasteiger partial charge on any atom is 0.0575 e. The zero-order valence-corrected chi connectivity index (χ0v) is 10.6. The van der Waals surface area contributed by atoms with Crippen molar-refractivity contribution in [3.63, 3.8) is 0 Å². The van der Waals surface area contributed by atoms with Crippen LogP contribution in [0.2, 0.25) is 0 Å². The van der Waals surface area contributed by atoms with Gasteiger partial charge in [0.15, 0.2) is 0 Å². The fourth-order valence-corrected chi connectivity index (χ4v) is 3.41. The quantitative estimate of drug-likeness (QED) is 0.720. The third kappa shape index (κ3) is 3.13. The minimum absolute atomic E-state index is 0.421. The predicted molar refractivity (Wildman–Crippen MR) is 67.6 cm³/mol. The van der Waals surface area contributed by atoms with Gasteiger partial charge in [-0.15, -0.1) is 0 Å². The van der Waals surface area contributed by atoms with Crippen LogP contribution >= 0.6 is 12.6 Å². The predicted octanol–water partition coefficient (Wildman–Crippen LogP) is 3.83. The molecule has 2 aliphatic rings. The van der Waals surface area contributed by atoms with Gasteiger partial charge >= 0.3 is 0 Å². The number of hydrogen-bond acceptors (Lipinski definition) is 2. The van der Waals surface area contributed by atoms with E-state index in [9.17, 15) is 0 Å². The van der Waals surface area contributed by atoms with Gasteiger partial charge in [-0.1, -0.05) is 32.1 Å². The fourth-order valence-electron chi connectivity index (χ4n) is 3.00. The Hall–Kier alpha value is 0.310. The largest absolute Gasteiger partial charge is 0.378 e. The molecule has 0 aromatic heterocycles. The number of hydrogen-bond donors (Lipinski definition) is 1. The molecular weight excluding hydrogens is 204 g/mol. The summed E-state index contributed by atoms with van der Waals surface area (Å²) in [5, 5.41) is 0. The molecule has 0 atom stereocenters. The van der Waals surface area contributed by atoms with Crippen LogP contribution in [-0.2, 0) is 4.74 Å². The van der Waals surface area contributed by atoms with Gasteiger partial charge in [-0.3, -0.25) is 0 Å². The van der Waals surface area contributed by atoms with Gasteiger partial charge in [0.05, 0.1) is 12.7 Å². The van der Waals surface area contributed by atoms with Crippen LogP contribution in [0.3, 0.4) is 0 Å². The highest BCUT2D eigenvalue weighted by atomic mass is 32.1. The summed E-state index contributed by atoms with van der Waals surface area (Å²) in [6.07, 6.45) is 12.8. The summed E-state index contributed by atoms with van der Waals surface area (Å²) in [7, 11) is 0. The van der Waals surface area contributed by atoms with Crippen molar-refractivity contribution in [2.45, 2.75) is 63.9 Å². The molecule has 0 saturated heterocycles. The monoisotopic (exact) mass is 228 g/mol. The van der Waals surface area contributed by atoms with Gasteiger partial charge in [0.2, 0.25) is 0 Å². The second-order valence-corrected chi connectivity index (χ2v) is 5.75. The summed E-state index contributed by atoms with van der Waals surface area (Å²) in [5.41, 5.74) is 0.421. The molecule has 0 aromatic carbocycles. The summed E-state index contributed by atoms with van der Waals surface area (Å²) in [5.74, 6) is 1.01. The number of rotatable bonds is 4. The number of thiol groups is 1. The van der Waals surface area contributed by atoms with Gasteiger partial charge in [0.25, 0.3) is 0 Å². The molecule has 0 spiro atoms. The highest BCUT2D eigenvalue weighted by Crippen LogP contribution is 2.38. The van der Waals surface area contributed by atoms with Crippen molar-refractivity contribution in [2.75, 3.05) is 12.4 Å². The molecule has 2 aliphatic carbocycles. The summed E-state index contributed by atoms with van der Waals surface area (Å²) < 4.78 is 6.09. The molecule has 0 bridgehead atoms. The Balaban J connectivity index is 1.78. The van der Waals surface area contributed by atoms with Crippen LogP contribution in [0.1, 0.15) is 57.8 Å². The van der Waals surface area contributed by atoms with E-state index in [1.807, 2.05) is 0 Å². The molecule has 0 aliphatic heterocycles. The van der Waals surface area contributed by atoms with E-state index >= 15 is 0 Å². The van der Waals surface area contributed by atoms with Crippen molar-refractivity contribution < 1.29 is 4.74 Å². The Morgan fingerprint density at radius 2 is 1.67 bits per heavy atom. The smallest absolute Gasteiger partial charge is 0.0575 e. The molecule has 2 heteroatoms. The molecule has 15 heavy (non-hydrogen) atoms. The minimum Gasteiger partial charge on any atom is -0.378 e. The van der Waals surface area contributed by atoms with Gasteiger partial charge in [-0.2, -0.15) is 12.6 Å². The van der Waals surface area contributed by atoms with Crippen molar-refractivity contribution in [3.05, 3.63) is 0 Å². The van der Waals surface area contributed by atoms with Gasteiger partial charge < -0.3 is 4.74 Å². The lowest BCUT2D eigenvalue weighted by molar-refractivity contribution is -0.0118. The van der Waals surface area contributed by atoms with Crippen molar-refractivity contribution in [3.8, 4) is 0 Å².